The molecule has 0 fully saturated rings. The molecule has 0 saturated carbocycles. The van der Waals surface area contributed by atoms with Gasteiger partial charge >= 0.3 is 6.80 Å². The number of likely N-dealkylation sites (N-methyl/N-ethyl adjacent to an activating group) is 1. The molecule has 0 aromatic carbocycles. The van der Waals surface area contributed by atoms with Crippen molar-refractivity contribution in [2.45, 2.75) is 45.3 Å². The zero-order valence-electron chi connectivity index (χ0n) is 12.8. The predicted octanol–water partition coefficient (Wildman–Crippen LogP) is -0.294. The number of aliphatic hydroxyl groups excluding tert-OH is 1. The van der Waals surface area contributed by atoms with Gasteiger partial charge in [-0.3, -0.25) is 9.05 Å². The van der Waals surface area contributed by atoms with E-state index in [1.807, 2.05) is 21.1 Å². The summed E-state index contributed by atoms with van der Waals surface area (Å²) in [5.74, 6) is 0. The average molecular weight is 427 g/mol. The highest BCUT2D eigenvalue weighted by molar-refractivity contribution is 8.55. The van der Waals surface area contributed by atoms with Crippen LogP contribution < -0.4 is 24.0 Å². The van der Waals surface area contributed by atoms with E-state index in [4.69, 9.17) is 9.05 Å². The van der Waals surface area contributed by atoms with Crippen molar-refractivity contribution in [1.29, 1.82) is 0 Å². The summed E-state index contributed by atoms with van der Waals surface area (Å²) in [6, 6.07) is 0. The minimum Gasteiger partial charge on any atom is -1.00 e. The highest BCUT2D eigenvalue weighted by Crippen LogP contribution is 2.63. The van der Waals surface area contributed by atoms with Crippen molar-refractivity contribution in [3.05, 3.63) is 0 Å². The van der Waals surface area contributed by atoms with Crippen LogP contribution in [0.4, 0.5) is 0 Å². The molecule has 1 N–H and O–H groups in total. The van der Waals surface area contributed by atoms with E-state index in [9.17, 15) is 9.67 Å². The molecule has 0 amide bonds. The smallest absolute Gasteiger partial charge is 0.392 e. The monoisotopic (exact) mass is 427 g/mol. The Morgan fingerprint density at radius 3 is 1.74 bits per heavy atom. The second-order valence-electron chi connectivity index (χ2n) is 5.79. The molecule has 0 rings (SSSR count). The van der Waals surface area contributed by atoms with Crippen LogP contribution in [0.3, 0.4) is 0 Å². The van der Waals surface area contributed by atoms with Gasteiger partial charge in [-0.15, -0.1) is 0 Å². The lowest BCUT2D eigenvalue weighted by Gasteiger charge is -2.28. The molecule has 19 heavy (non-hydrogen) atoms. The Morgan fingerprint density at radius 2 is 1.47 bits per heavy atom. The molecule has 0 radical (unpaired) electrons. The van der Waals surface area contributed by atoms with Gasteiger partial charge in [0.05, 0.1) is 33.4 Å². The van der Waals surface area contributed by atoms with Crippen molar-refractivity contribution >= 4 is 18.2 Å². The van der Waals surface area contributed by atoms with E-state index in [0.717, 1.165) is 11.4 Å². The van der Waals surface area contributed by atoms with Crippen molar-refractivity contribution in [3.8, 4) is 0 Å². The molecule has 0 heterocycles. The van der Waals surface area contributed by atoms with Gasteiger partial charge in [0.2, 0.25) is 0 Å². The van der Waals surface area contributed by atoms with Crippen LogP contribution in [0, 0.1) is 0 Å². The largest absolute Gasteiger partial charge is 1.00 e. The highest BCUT2D eigenvalue weighted by Gasteiger charge is 2.34. The van der Waals surface area contributed by atoms with Crippen molar-refractivity contribution in [2.24, 2.45) is 0 Å². The van der Waals surface area contributed by atoms with Gasteiger partial charge in [0.15, 0.2) is 5.44 Å². The van der Waals surface area contributed by atoms with Gasteiger partial charge < -0.3 is 33.6 Å². The molecule has 0 aliphatic rings. The van der Waals surface area contributed by atoms with Crippen LogP contribution in [0.25, 0.3) is 0 Å². The lowest BCUT2D eigenvalue weighted by atomic mass is 10.5. The fourth-order valence-electron chi connectivity index (χ4n) is 1.24. The molecule has 1 atom stereocenters. The van der Waals surface area contributed by atoms with Gasteiger partial charge in [0, 0.05) is 0 Å². The molecular formula is C11H27INO4PS. The Bertz CT molecular complexity index is 283. The third-order valence-corrected chi connectivity index (χ3v) is 5.67. The van der Waals surface area contributed by atoms with E-state index >= 15 is 0 Å². The zero-order valence-corrected chi connectivity index (χ0v) is 16.7. The van der Waals surface area contributed by atoms with Gasteiger partial charge in [-0.1, -0.05) is 0 Å². The quantitative estimate of drug-likeness (QED) is 0.250. The molecule has 118 valence electrons. The minimum absolute atomic E-state index is 0. The van der Waals surface area contributed by atoms with Crippen molar-refractivity contribution in [2.75, 3.05) is 27.7 Å². The molecule has 1 unspecified atom stereocenters. The zero-order chi connectivity index (χ0) is 14.6. The third-order valence-electron chi connectivity index (χ3n) is 1.63. The maximum Gasteiger partial charge on any atom is 0.392 e. The van der Waals surface area contributed by atoms with E-state index in [2.05, 4.69) is 0 Å². The molecule has 0 saturated heterocycles. The molecule has 8 heteroatoms. The van der Waals surface area contributed by atoms with Gasteiger partial charge in [0.1, 0.15) is 6.54 Å². The van der Waals surface area contributed by atoms with E-state index < -0.39 is 12.2 Å². The standard InChI is InChI=1S/C11H27NO4PS.HI/c1-9(2)15-17(14,16-10(3)4)18-11(13)8-12(5,6)7;/h9-11,13H,8H2,1-7H3;1H/q+1;/p-1. The van der Waals surface area contributed by atoms with E-state index in [0.29, 0.717) is 11.0 Å². The van der Waals surface area contributed by atoms with Crippen LogP contribution in [0.15, 0.2) is 0 Å². The van der Waals surface area contributed by atoms with Crippen LogP contribution >= 0.6 is 18.2 Å². The Kier molecular flexibility index (Phi) is 10.9. The summed E-state index contributed by atoms with van der Waals surface area (Å²) in [7, 11) is 5.88. The van der Waals surface area contributed by atoms with Crippen molar-refractivity contribution in [1.82, 2.24) is 0 Å². The minimum atomic E-state index is -3.32. The molecule has 0 aliphatic carbocycles. The average Bonchev–Trinajstić information content (AvgIpc) is 1.92. The summed E-state index contributed by atoms with van der Waals surface area (Å²) in [5, 5.41) is 9.96. The number of halogens is 1. The van der Waals surface area contributed by atoms with Crippen LogP contribution in [0.2, 0.25) is 0 Å². The van der Waals surface area contributed by atoms with Crippen molar-refractivity contribution in [3.63, 3.8) is 0 Å². The number of aliphatic hydroxyl groups is 1. The molecule has 0 aromatic rings. The summed E-state index contributed by atoms with van der Waals surface area (Å²) >= 11 is 0.882. The topological polar surface area (TPSA) is 55.8 Å². The van der Waals surface area contributed by atoms with E-state index in [1.165, 1.54) is 0 Å². The number of rotatable bonds is 8. The Hall–Kier alpha value is 1.15. The third kappa shape index (κ3) is 12.6. The van der Waals surface area contributed by atoms with Gasteiger partial charge in [0.25, 0.3) is 0 Å². The Balaban J connectivity index is 0. The lowest BCUT2D eigenvalue weighted by molar-refractivity contribution is -0.871. The summed E-state index contributed by atoms with van der Waals surface area (Å²) in [5.41, 5.74) is -0.784. The van der Waals surface area contributed by atoms with Gasteiger partial charge in [-0.05, 0) is 39.1 Å². The van der Waals surface area contributed by atoms with Gasteiger partial charge in [-0.25, -0.2) is 4.57 Å². The number of hydrogen-bond donors (Lipinski definition) is 1. The highest BCUT2D eigenvalue weighted by atomic mass is 127. The van der Waals surface area contributed by atoms with Crippen molar-refractivity contribution < 1.29 is 47.2 Å². The SMILES string of the molecule is CC(C)OP(=O)(OC(C)C)SC(O)C[N+](C)(C)C.[I-]. The fraction of sp³-hybridized carbons (Fsp3) is 1.00. The molecule has 0 aromatic heterocycles. The lowest BCUT2D eigenvalue weighted by Crippen LogP contribution is -3.00. The molecule has 5 nitrogen and oxygen atoms in total. The molecule has 0 bridgehead atoms. The summed E-state index contributed by atoms with van der Waals surface area (Å²) in [6.45, 7) is 4.33. The first-order valence-electron chi connectivity index (χ1n) is 6.07. The van der Waals surface area contributed by atoms with Crippen LogP contribution in [0.1, 0.15) is 27.7 Å². The first-order chi connectivity index (χ1) is 7.93. The van der Waals surface area contributed by atoms with Crippen LogP contribution in [-0.2, 0) is 13.6 Å². The molecule has 0 aliphatic heterocycles. The summed E-state index contributed by atoms with van der Waals surface area (Å²) < 4.78 is 23.8. The predicted molar refractivity (Wildman–Crippen MR) is 76.5 cm³/mol. The second-order valence-corrected chi connectivity index (χ2v) is 9.83. The molecular weight excluding hydrogens is 400 g/mol. The summed E-state index contributed by atoms with van der Waals surface area (Å²) in [4.78, 5) is 0. The normalized spacial score (nSPS) is 14.6. The number of hydrogen-bond acceptors (Lipinski definition) is 5. The Labute approximate surface area is 138 Å². The van der Waals surface area contributed by atoms with Crippen LogP contribution in [-0.4, -0.2) is 54.9 Å². The number of quaternary nitrogens is 1. The van der Waals surface area contributed by atoms with E-state index in [1.54, 1.807) is 27.7 Å². The first-order valence-corrected chi connectivity index (χ1v) is 9.10. The first kappa shape index (κ1) is 22.4. The molecule has 0 spiro atoms. The van der Waals surface area contributed by atoms with Crippen LogP contribution in [0.5, 0.6) is 0 Å². The maximum atomic E-state index is 12.5. The van der Waals surface area contributed by atoms with E-state index in [-0.39, 0.29) is 36.2 Å². The fourth-order valence-corrected chi connectivity index (χ4v) is 5.66. The van der Waals surface area contributed by atoms with Gasteiger partial charge in [-0.2, -0.15) is 0 Å². The Morgan fingerprint density at radius 1 is 1.11 bits per heavy atom. The number of nitrogens with zero attached hydrogens (tertiary/aromatic N) is 1. The maximum absolute atomic E-state index is 12.5. The summed E-state index contributed by atoms with van der Waals surface area (Å²) in [6.07, 6.45) is -0.420. The second kappa shape index (κ2) is 9.23.